The van der Waals surface area contributed by atoms with E-state index in [1.165, 1.54) is 0 Å². The largest absolute Gasteiger partial charge is 0.368 e. The number of hydrogen-bond donors (Lipinski definition) is 0. The van der Waals surface area contributed by atoms with Gasteiger partial charge in [-0.2, -0.15) is 0 Å². The molecule has 0 aromatic heterocycles. The Kier molecular flexibility index (Phi) is 9.95. The molecule has 4 fully saturated rings. The predicted octanol–water partition coefficient (Wildman–Crippen LogP) is 5.44. The van der Waals surface area contributed by atoms with Gasteiger partial charge >= 0.3 is 0 Å². The van der Waals surface area contributed by atoms with Crippen LogP contribution in [-0.2, 0) is 96.5 Å². The molecule has 6 heterocycles. The molecule has 290 valence electrons. The molecule has 54 heavy (non-hydrogen) atoms. The first kappa shape index (κ1) is 36.8. The third-order valence-electron chi connectivity index (χ3n) is 11.1. The van der Waals surface area contributed by atoms with Crippen molar-refractivity contribution in [2.24, 2.45) is 0 Å². The zero-order valence-corrected chi connectivity index (χ0v) is 31.4. The van der Waals surface area contributed by atoms with Gasteiger partial charge in [-0.15, -0.1) is 0 Å². The zero-order valence-electron chi connectivity index (χ0n) is 31.4. The predicted molar refractivity (Wildman–Crippen MR) is 190 cm³/mol. The van der Waals surface area contributed by atoms with Crippen LogP contribution in [-0.4, -0.2) is 86.2 Å². The SMILES string of the molecule is CC1(C)OC[C@]2(OC[C@H]3OCc4ccccc4CO[C@H]3[C@@H]2OCc2ccc(CO[C@H]3[C@@H]4OCc5ccccc5CO[C@@H]4CO[C@]34COC(C)(C)O4)cc2)O1. The van der Waals surface area contributed by atoms with Gasteiger partial charge in [-0.05, 0) is 61.1 Å². The van der Waals surface area contributed by atoms with Crippen molar-refractivity contribution in [2.45, 2.75) is 127 Å². The average Bonchev–Trinajstić information content (AvgIpc) is 3.64. The summed E-state index contributed by atoms with van der Waals surface area (Å²) in [5.41, 5.74) is 6.33. The van der Waals surface area contributed by atoms with Crippen LogP contribution in [0.5, 0.6) is 0 Å². The molecule has 3 aromatic rings. The van der Waals surface area contributed by atoms with E-state index in [0.717, 1.165) is 33.4 Å². The molecule has 12 nitrogen and oxygen atoms in total. The van der Waals surface area contributed by atoms with E-state index in [1.54, 1.807) is 0 Å². The second-order valence-corrected chi connectivity index (χ2v) is 15.9. The van der Waals surface area contributed by atoms with E-state index >= 15 is 0 Å². The summed E-state index contributed by atoms with van der Waals surface area (Å²) in [6.07, 6.45) is -2.78. The van der Waals surface area contributed by atoms with Gasteiger partial charge in [0.15, 0.2) is 11.6 Å². The quantitative estimate of drug-likeness (QED) is 0.320. The Balaban J connectivity index is 0.898. The average molecular weight is 747 g/mol. The number of benzene rings is 3. The standard InChI is InChI=1S/C42H50O12/c1-39(2)51-25-41(53-39)37(35-33(23-49-41)43-19-29-9-5-7-11-31(29)21-45-35)47-17-27-13-15-28(16-14-27)18-48-38-36-34(24-50-42(38)26-52-40(3,4)54-42)44-20-30-10-6-8-12-32(30)22-46-36/h5-16,33-38H,17-26H2,1-4H3/t33-,34-,35-,36-,37+,38+,41+,42+/m1/s1. The Hall–Kier alpha value is -2.82. The van der Waals surface area contributed by atoms with Crippen molar-refractivity contribution in [1.82, 2.24) is 0 Å². The molecule has 0 radical (unpaired) electrons. The summed E-state index contributed by atoms with van der Waals surface area (Å²) in [5, 5.41) is 0. The molecule has 2 spiro atoms. The van der Waals surface area contributed by atoms with Crippen LogP contribution in [0.1, 0.15) is 61.1 Å². The first-order valence-electron chi connectivity index (χ1n) is 19.0. The molecule has 0 unspecified atom stereocenters. The summed E-state index contributed by atoms with van der Waals surface area (Å²) >= 11 is 0. The van der Waals surface area contributed by atoms with Crippen molar-refractivity contribution in [3.63, 3.8) is 0 Å². The highest BCUT2D eigenvalue weighted by molar-refractivity contribution is 5.28. The first-order valence-corrected chi connectivity index (χ1v) is 19.0. The maximum atomic E-state index is 6.69. The maximum absolute atomic E-state index is 6.69. The highest BCUT2D eigenvalue weighted by Crippen LogP contribution is 2.44. The van der Waals surface area contributed by atoms with Crippen molar-refractivity contribution < 1.29 is 56.8 Å². The summed E-state index contributed by atoms with van der Waals surface area (Å²) in [7, 11) is 0. The van der Waals surface area contributed by atoms with Gasteiger partial charge in [0.1, 0.15) is 49.8 Å². The van der Waals surface area contributed by atoms with E-state index in [-0.39, 0.29) is 25.4 Å². The lowest BCUT2D eigenvalue weighted by molar-refractivity contribution is -0.357. The number of ether oxygens (including phenoxy) is 12. The Labute approximate surface area is 316 Å². The molecule has 9 rings (SSSR count). The molecule has 6 aliphatic rings. The summed E-state index contributed by atoms with van der Waals surface area (Å²) in [6.45, 7) is 10.9. The van der Waals surface area contributed by atoms with E-state index in [0.29, 0.717) is 52.9 Å². The van der Waals surface area contributed by atoms with Gasteiger partial charge < -0.3 is 56.8 Å². The normalized spacial score (nSPS) is 35.6. The fourth-order valence-corrected chi connectivity index (χ4v) is 8.28. The van der Waals surface area contributed by atoms with E-state index in [4.69, 9.17) is 56.8 Å². The minimum absolute atomic E-state index is 0.214. The Morgan fingerprint density at radius 3 is 1.22 bits per heavy atom. The Bertz CT molecular complexity index is 1650. The molecule has 4 saturated heterocycles. The van der Waals surface area contributed by atoms with Gasteiger partial charge in [-0.3, -0.25) is 0 Å². The smallest absolute Gasteiger partial charge is 0.224 e. The third-order valence-corrected chi connectivity index (χ3v) is 11.1. The lowest BCUT2D eigenvalue weighted by Gasteiger charge is -2.47. The molecular weight excluding hydrogens is 696 g/mol. The molecule has 0 N–H and O–H groups in total. The van der Waals surface area contributed by atoms with Crippen LogP contribution in [0.3, 0.4) is 0 Å². The second-order valence-electron chi connectivity index (χ2n) is 15.9. The van der Waals surface area contributed by atoms with Crippen molar-refractivity contribution in [3.8, 4) is 0 Å². The molecule has 6 aliphatic heterocycles. The molecule has 8 atom stereocenters. The van der Waals surface area contributed by atoms with Crippen LogP contribution in [0, 0.1) is 0 Å². The van der Waals surface area contributed by atoms with Gasteiger partial charge in [0.25, 0.3) is 0 Å². The van der Waals surface area contributed by atoms with Crippen LogP contribution in [0.2, 0.25) is 0 Å². The van der Waals surface area contributed by atoms with Crippen LogP contribution >= 0.6 is 0 Å². The Morgan fingerprint density at radius 2 is 0.870 bits per heavy atom. The van der Waals surface area contributed by atoms with E-state index in [9.17, 15) is 0 Å². The van der Waals surface area contributed by atoms with Crippen molar-refractivity contribution >= 4 is 0 Å². The molecule has 3 aromatic carbocycles. The molecule has 0 bridgehead atoms. The summed E-state index contributed by atoms with van der Waals surface area (Å²) in [6, 6.07) is 24.5. The Morgan fingerprint density at radius 1 is 0.500 bits per heavy atom. The minimum Gasteiger partial charge on any atom is -0.368 e. The highest BCUT2D eigenvalue weighted by atomic mass is 16.9. The zero-order chi connectivity index (χ0) is 37.0. The van der Waals surface area contributed by atoms with E-state index < -0.39 is 47.6 Å². The number of fused-ring (bicyclic) bond motifs is 4. The lowest BCUT2D eigenvalue weighted by atomic mass is 9.95. The van der Waals surface area contributed by atoms with Crippen molar-refractivity contribution in [1.29, 1.82) is 0 Å². The molecule has 0 saturated carbocycles. The monoisotopic (exact) mass is 746 g/mol. The van der Waals surface area contributed by atoms with Gasteiger partial charge in [0, 0.05) is 0 Å². The molecule has 0 amide bonds. The van der Waals surface area contributed by atoms with Crippen LogP contribution in [0.4, 0.5) is 0 Å². The van der Waals surface area contributed by atoms with Crippen LogP contribution < -0.4 is 0 Å². The van der Waals surface area contributed by atoms with Crippen LogP contribution in [0.15, 0.2) is 72.8 Å². The number of hydrogen-bond acceptors (Lipinski definition) is 12. The fourth-order valence-electron chi connectivity index (χ4n) is 8.28. The van der Waals surface area contributed by atoms with Crippen molar-refractivity contribution in [2.75, 3.05) is 26.4 Å². The van der Waals surface area contributed by atoms with Gasteiger partial charge in [0.2, 0.25) is 11.6 Å². The lowest BCUT2D eigenvalue weighted by Crippen LogP contribution is -2.64. The minimum atomic E-state index is -1.14. The van der Waals surface area contributed by atoms with E-state index in [1.807, 2.05) is 76.2 Å². The molecular formula is C42H50O12. The maximum Gasteiger partial charge on any atom is 0.224 e. The highest BCUT2D eigenvalue weighted by Gasteiger charge is 2.61. The number of rotatable bonds is 6. The third kappa shape index (κ3) is 7.29. The summed E-state index contributed by atoms with van der Waals surface area (Å²) in [5.74, 6) is -3.95. The van der Waals surface area contributed by atoms with Gasteiger partial charge in [-0.1, -0.05) is 72.8 Å². The van der Waals surface area contributed by atoms with E-state index in [2.05, 4.69) is 24.3 Å². The summed E-state index contributed by atoms with van der Waals surface area (Å²) < 4.78 is 77.0. The topological polar surface area (TPSA) is 111 Å². The fraction of sp³-hybridized carbons (Fsp3) is 0.571. The van der Waals surface area contributed by atoms with Gasteiger partial charge in [-0.25, -0.2) is 0 Å². The van der Waals surface area contributed by atoms with Gasteiger partial charge in [0.05, 0.1) is 52.9 Å². The summed E-state index contributed by atoms with van der Waals surface area (Å²) in [4.78, 5) is 0. The molecule has 12 heteroatoms. The first-order chi connectivity index (χ1) is 26.1. The molecule has 0 aliphatic carbocycles. The van der Waals surface area contributed by atoms with Crippen LogP contribution in [0.25, 0.3) is 0 Å². The van der Waals surface area contributed by atoms with Crippen molar-refractivity contribution in [3.05, 3.63) is 106 Å². The second kappa shape index (κ2) is 14.6.